The molecule has 2 N–H and O–H groups in total. The minimum atomic E-state index is -0.542. The van der Waals surface area contributed by atoms with Gasteiger partial charge in [0.1, 0.15) is 17.4 Å². The number of aromatic hydroxyl groups is 1. The number of phenols is 1. The standard InChI is InChI=1S/C16H9Br2IN2O2/c17-11-2-1-3-13(6-11)21-16(23)10(8-20)4-9-5-12(18)7-14(19)15(9)22/h1-7,22H,(H,21,23)/b10-4+. The fourth-order valence-electron chi connectivity index (χ4n) is 1.76. The first kappa shape index (κ1) is 18.0. The summed E-state index contributed by atoms with van der Waals surface area (Å²) in [4.78, 5) is 12.2. The molecule has 0 aliphatic rings. The van der Waals surface area contributed by atoms with Crippen LogP contribution in [0.3, 0.4) is 0 Å². The van der Waals surface area contributed by atoms with Gasteiger partial charge in [-0.1, -0.05) is 37.9 Å². The number of amides is 1. The van der Waals surface area contributed by atoms with E-state index in [1.54, 1.807) is 30.3 Å². The molecule has 2 rings (SSSR count). The predicted octanol–water partition coefficient (Wildman–Crippen LogP) is 5.07. The van der Waals surface area contributed by atoms with Crippen molar-refractivity contribution >= 4 is 72.1 Å². The lowest BCUT2D eigenvalue weighted by Gasteiger charge is -2.06. The number of rotatable bonds is 3. The molecular weight excluding hydrogens is 539 g/mol. The van der Waals surface area contributed by atoms with Gasteiger partial charge in [-0.15, -0.1) is 0 Å². The van der Waals surface area contributed by atoms with Gasteiger partial charge in [-0.2, -0.15) is 5.26 Å². The van der Waals surface area contributed by atoms with Crippen molar-refractivity contribution in [2.75, 3.05) is 5.32 Å². The van der Waals surface area contributed by atoms with Crippen LogP contribution in [0, 0.1) is 14.9 Å². The van der Waals surface area contributed by atoms with E-state index in [9.17, 15) is 15.2 Å². The Labute approximate surface area is 163 Å². The third-order valence-corrected chi connectivity index (χ3v) is 4.58. The lowest BCUT2D eigenvalue weighted by Crippen LogP contribution is -2.13. The first-order valence-corrected chi connectivity index (χ1v) is 8.94. The number of carbonyl (C=O) groups excluding carboxylic acids is 1. The summed E-state index contributed by atoms with van der Waals surface area (Å²) in [5.74, 6) is -0.517. The van der Waals surface area contributed by atoms with Crippen LogP contribution in [0.15, 0.2) is 50.9 Å². The molecule has 0 saturated heterocycles. The van der Waals surface area contributed by atoms with Gasteiger partial charge in [-0.25, -0.2) is 0 Å². The summed E-state index contributed by atoms with van der Waals surface area (Å²) >= 11 is 8.62. The molecule has 2 aromatic rings. The molecule has 0 aromatic heterocycles. The molecule has 116 valence electrons. The van der Waals surface area contributed by atoms with Gasteiger partial charge in [0.15, 0.2) is 0 Å². The maximum Gasteiger partial charge on any atom is 0.266 e. The van der Waals surface area contributed by atoms with Crippen molar-refractivity contribution in [1.29, 1.82) is 5.26 Å². The van der Waals surface area contributed by atoms with Crippen molar-refractivity contribution < 1.29 is 9.90 Å². The Kier molecular flexibility index (Phi) is 6.21. The first-order valence-electron chi connectivity index (χ1n) is 6.27. The van der Waals surface area contributed by atoms with Crippen molar-refractivity contribution in [2.24, 2.45) is 0 Å². The molecule has 23 heavy (non-hydrogen) atoms. The average molecular weight is 548 g/mol. The Morgan fingerprint density at radius 2 is 2.00 bits per heavy atom. The lowest BCUT2D eigenvalue weighted by atomic mass is 10.1. The Balaban J connectivity index is 2.32. The largest absolute Gasteiger partial charge is 0.506 e. The van der Waals surface area contributed by atoms with Crippen molar-refractivity contribution in [1.82, 2.24) is 0 Å². The lowest BCUT2D eigenvalue weighted by molar-refractivity contribution is -0.112. The molecule has 0 heterocycles. The Morgan fingerprint density at radius 1 is 1.26 bits per heavy atom. The number of phenolic OH excluding ortho intramolecular Hbond substituents is 1. The van der Waals surface area contributed by atoms with Crippen LogP contribution >= 0.6 is 54.5 Å². The highest BCUT2D eigenvalue weighted by molar-refractivity contribution is 14.1. The SMILES string of the molecule is N#C/C(=C\c1cc(Br)cc(I)c1O)C(=O)Nc1cccc(Br)c1. The third kappa shape index (κ3) is 4.80. The maximum atomic E-state index is 12.2. The van der Waals surface area contributed by atoms with Crippen LogP contribution in [0.25, 0.3) is 6.08 Å². The van der Waals surface area contributed by atoms with Gasteiger partial charge in [0.05, 0.1) is 3.57 Å². The van der Waals surface area contributed by atoms with Gasteiger partial charge in [0.2, 0.25) is 0 Å². The van der Waals surface area contributed by atoms with E-state index in [0.29, 0.717) is 14.8 Å². The molecule has 0 saturated carbocycles. The number of hydrogen-bond donors (Lipinski definition) is 2. The Hall–Kier alpha value is -1.37. The van der Waals surface area contributed by atoms with E-state index in [-0.39, 0.29) is 11.3 Å². The van der Waals surface area contributed by atoms with Gasteiger partial charge in [-0.05, 0) is 59.0 Å². The van der Waals surface area contributed by atoms with E-state index >= 15 is 0 Å². The average Bonchev–Trinajstić information content (AvgIpc) is 2.49. The van der Waals surface area contributed by atoms with Gasteiger partial charge >= 0.3 is 0 Å². The second-order valence-corrected chi connectivity index (χ2v) is 7.45. The zero-order valence-corrected chi connectivity index (χ0v) is 16.8. The van der Waals surface area contributed by atoms with E-state index < -0.39 is 5.91 Å². The van der Waals surface area contributed by atoms with Crippen LogP contribution in [-0.4, -0.2) is 11.0 Å². The summed E-state index contributed by atoms with van der Waals surface area (Å²) in [6, 6.07) is 12.3. The molecule has 0 aliphatic heterocycles. The number of nitrogens with zero attached hydrogens (tertiary/aromatic N) is 1. The second kappa shape index (κ2) is 7.95. The predicted molar refractivity (Wildman–Crippen MR) is 105 cm³/mol. The topological polar surface area (TPSA) is 73.1 Å². The van der Waals surface area contributed by atoms with Gasteiger partial charge in [-0.3, -0.25) is 4.79 Å². The molecule has 7 heteroatoms. The quantitative estimate of drug-likeness (QED) is 0.320. The zero-order chi connectivity index (χ0) is 17.0. The summed E-state index contributed by atoms with van der Waals surface area (Å²) in [6.45, 7) is 0. The summed E-state index contributed by atoms with van der Waals surface area (Å²) in [5.41, 5.74) is 0.859. The molecule has 0 fully saturated rings. The number of halogens is 3. The number of hydrogen-bond acceptors (Lipinski definition) is 3. The fourth-order valence-corrected chi connectivity index (χ4v) is 3.71. The van der Waals surface area contributed by atoms with Gasteiger partial charge < -0.3 is 10.4 Å². The molecule has 0 atom stereocenters. The highest BCUT2D eigenvalue weighted by Gasteiger charge is 2.12. The molecule has 0 aliphatic carbocycles. The highest BCUT2D eigenvalue weighted by Crippen LogP contribution is 2.30. The number of anilines is 1. The third-order valence-electron chi connectivity index (χ3n) is 2.81. The molecule has 0 bridgehead atoms. The van der Waals surface area contributed by atoms with E-state index in [1.165, 1.54) is 6.08 Å². The van der Waals surface area contributed by atoms with Crippen LogP contribution in [0.5, 0.6) is 5.75 Å². The molecular formula is C16H9Br2IN2O2. The van der Waals surface area contributed by atoms with E-state index in [4.69, 9.17) is 0 Å². The first-order chi connectivity index (χ1) is 10.9. The van der Waals surface area contributed by atoms with Crippen LogP contribution in [0.2, 0.25) is 0 Å². The molecule has 4 nitrogen and oxygen atoms in total. The Bertz CT molecular complexity index is 844. The molecule has 2 aromatic carbocycles. The minimum Gasteiger partial charge on any atom is -0.506 e. The smallest absolute Gasteiger partial charge is 0.266 e. The fraction of sp³-hybridized carbons (Fsp3) is 0. The van der Waals surface area contributed by atoms with Crippen molar-refractivity contribution in [3.05, 3.63) is 60.1 Å². The number of nitriles is 1. The van der Waals surface area contributed by atoms with E-state index in [0.717, 1.165) is 8.95 Å². The number of carbonyl (C=O) groups is 1. The summed E-state index contributed by atoms with van der Waals surface area (Å²) < 4.78 is 2.18. The second-order valence-electron chi connectivity index (χ2n) is 4.46. The highest BCUT2D eigenvalue weighted by atomic mass is 127. The van der Waals surface area contributed by atoms with Crippen molar-refractivity contribution in [2.45, 2.75) is 0 Å². The molecule has 0 spiro atoms. The Morgan fingerprint density at radius 3 is 2.65 bits per heavy atom. The maximum absolute atomic E-state index is 12.2. The van der Waals surface area contributed by atoms with Crippen molar-refractivity contribution in [3.8, 4) is 11.8 Å². The summed E-state index contributed by atoms with van der Waals surface area (Å²) in [7, 11) is 0. The molecule has 0 radical (unpaired) electrons. The van der Waals surface area contributed by atoms with Crippen LogP contribution in [0.4, 0.5) is 5.69 Å². The van der Waals surface area contributed by atoms with E-state index in [1.807, 2.05) is 34.7 Å². The number of nitrogens with one attached hydrogen (secondary N) is 1. The number of benzene rings is 2. The van der Waals surface area contributed by atoms with Crippen molar-refractivity contribution in [3.63, 3.8) is 0 Å². The van der Waals surface area contributed by atoms with Crippen LogP contribution in [-0.2, 0) is 4.79 Å². The summed E-state index contributed by atoms with van der Waals surface area (Å²) in [5, 5.41) is 21.9. The van der Waals surface area contributed by atoms with Crippen LogP contribution in [0.1, 0.15) is 5.56 Å². The summed E-state index contributed by atoms with van der Waals surface area (Å²) in [6.07, 6.45) is 1.36. The van der Waals surface area contributed by atoms with E-state index in [2.05, 4.69) is 37.2 Å². The molecule has 0 unspecified atom stereocenters. The monoisotopic (exact) mass is 546 g/mol. The zero-order valence-electron chi connectivity index (χ0n) is 11.5. The molecule has 1 amide bonds. The minimum absolute atomic E-state index is 0.0248. The van der Waals surface area contributed by atoms with Gasteiger partial charge in [0.25, 0.3) is 5.91 Å². The van der Waals surface area contributed by atoms with Crippen LogP contribution < -0.4 is 5.32 Å². The van der Waals surface area contributed by atoms with Gasteiger partial charge in [0, 0.05) is 20.2 Å². The normalized spacial score (nSPS) is 11.0.